The highest BCUT2D eigenvalue weighted by atomic mass is 32.2. The van der Waals surface area contributed by atoms with Crippen molar-refractivity contribution in [3.8, 4) is 11.6 Å². The molecule has 0 unspecified atom stereocenters. The number of amides is 1. The van der Waals surface area contributed by atoms with Crippen LogP contribution in [0.1, 0.15) is 29.7 Å². The number of aliphatic carboxylic acids is 1. The van der Waals surface area contributed by atoms with Crippen LogP contribution in [0.2, 0.25) is 0 Å². The third-order valence-corrected chi connectivity index (χ3v) is 5.83. The van der Waals surface area contributed by atoms with E-state index in [9.17, 15) is 22.8 Å². The van der Waals surface area contributed by atoms with Crippen LogP contribution in [0.4, 0.5) is 13.2 Å². The predicted octanol–water partition coefficient (Wildman–Crippen LogP) is 4.61. The van der Waals surface area contributed by atoms with Crippen LogP contribution in [0, 0.1) is 6.92 Å². The van der Waals surface area contributed by atoms with Crippen LogP contribution in [-0.4, -0.2) is 42.5 Å². The second-order valence-electron chi connectivity index (χ2n) is 6.93. The summed E-state index contributed by atoms with van der Waals surface area (Å²) in [5, 5.41) is 12.3. The summed E-state index contributed by atoms with van der Waals surface area (Å²) >= 11 is 6.00. The molecule has 1 saturated heterocycles. The number of benzene rings is 1. The fourth-order valence-electron chi connectivity index (χ4n) is 2.92. The Kier molecular flexibility index (Phi) is 6.94. The van der Waals surface area contributed by atoms with Crippen LogP contribution >= 0.6 is 24.0 Å². The lowest BCUT2D eigenvalue weighted by molar-refractivity contribution is -0.141. The van der Waals surface area contributed by atoms with Crippen molar-refractivity contribution < 1.29 is 32.6 Å². The molecule has 32 heavy (non-hydrogen) atoms. The van der Waals surface area contributed by atoms with Gasteiger partial charge in [0.1, 0.15) is 10.1 Å². The number of alkyl halides is 3. The van der Waals surface area contributed by atoms with Gasteiger partial charge in [-0.05, 0) is 31.6 Å². The third-order valence-electron chi connectivity index (χ3n) is 4.45. The number of nitrogens with zero attached hydrogens (tertiary/aromatic N) is 3. The van der Waals surface area contributed by atoms with Gasteiger partial charge in [-0.3, -0.25) is 14.5 Å². The summed E-state index contributed by atoms with van der Waals surface area (Å²) < 4.78 is 47.8. The van der Waals surface area contributed by atoms with E-state index in [0.717, 1.165) is 28.1 Å². The second kappa shape index (κ2) is 9.33. The van der Waals surface area contributed by atoms with Gasteiger partial charge < -0.3 is 9.84 Å². The van der Waals surface area contributed by atoms with Gasteiger partial charge in [0.2, 0.25) is 5.88 Å². The monoisotopic (exact) mass is 485 g/mol. The van der Waals surface area contributed by atoms with Crippen molar-refractivity contribution in [2.75, 3.05) is 6.54 Å². The number of hydrogen-bond acceptors (Lipinski definition) is 6. The zero-order valence-electron chi connectivity index (χ0n) is 17.0. The molecular weight excluding hydrogens is 467 g/mol. The van der Waals surface area contributed by atoms with E-state index in [-0.39, 0.29) is 34.5 Å². The third kappa shape index (κ3) is 5.30. The highest BCUT2D eigenvalue weighted by molar-refractivity contribution is 8.26. The standard InChI is InChI=1S/C20H18F3N3O4S2/c1-11-5-7-12(8-6-11)30-18-13(16(20(21,22)23)24-25(18)2)10-14-17(29)26(19(31)32-14)9-3-4-15(27)28/h5-8,10H,3-4,9H2,1-2H3,(H,27,28)/b14-10+. The fraction of sp³-hybridized carbons (Fsp3) is 0.300. The highest BCUT2D eigenvalue weighted by Gasteiger charge is 2.40. The molecule has 1 aliphatic rings. The first-order valence-electron chi connectivity index (χ1n) is 9.33. The van der Waals surface area contributed by atoms with Crippen molar-refractivity contribution in [3.63, 3.8) is 0 Å². The number of aromatic nitrogens is 2. The number of carboxylic acid groups (broad SMARTS) is 1. The number of carbonyl (C=O) groups is 2. The van der Waals surface area contributed by atoms with Gasteiger partial charge in [0.25, 0.3) is 5.91 Å². The first-order valence-corrected chi connectivity index (χ1v) is 10.6. The molecule has 1 amide bonds. The summed E-state index contributed by atoms with van der Waals surface area (Å²) in [7, 11) is 1.31. The molecule has 1 aromatic carbocycles. The molecule has 170 valence electrons. The summed E-state index contributed by atoms with van der Waals surface area (Å²) in [6, 6.07) is 6.72. The lowest BCUT2D eigenvalue weighted by Gasteiger charge is -2.13. The van der Waals surface area contributed by atoms with Gasteiger partial charge in [-0.25, -0.2) is 4.68 Å². The Hall–Kier alpha value is -2.86. The molecule has 1 aromatic heterocycles. The summed E-state index contributed by atoms with van der Waals surface area (Å²) in [6.45, 7) is 1.92. The van der Waals surface area contributed by atoms with Crippen LogP contribution in [0.15, 0.2) is 29.2 Å². The molecule has 2 aromatic rings. The van der Waals surface area contributed by atoms with Crippen molar-refractivity contribution >= 4 is 46.3 Å². The summed E-state index contributed by atoms with van der Waals surface area (Å²) in [5.41, 5.74) is -0.644. The number of ether oxygens (including phenoxy) is 1. The van der Waals surface area contributed by atoms with E-state index >= 15 is 0 Å². The maximum Gasteiger partial charge on any atom is 0.435 e. The molecular formula is C20H18F3N3O4S2. The van der Waals surface area contributed by atoms with Crippen molar-refractivity contribution in [2.24, 2.45) is 7.05 Å². The molecule has 1 N–H and O–H groups in total. The van der Waals surface area contributed by atoms with E-state index in [1.54, 1.807) is 24.3 Å². The van der Waals surface area contributed by atoms with Crippen LogP contribution < -0.4 is 4.74 Å². The van der Waals surface area contributed by atoms with Gasteiger partial charge in [0.05, 0.1) is 10.5 Å². The number of hydrogen-bond donors (Lipinski definition) is 1. The number of halogens is 3. The van der Waals surface area contributed by atoms with Crippen molar-refractivity contribution in [3.05, 3.63) is 46.0 Å². The number of carboxylic acids is 1. The maximum absolute atomic E-state index is 13.7. The Labute approximate surface area is 190 Å². The Morgan fingerprint density at radius 3 is 2.56 bits per heavy atom. The van der Waals surface area contributed by atoms with Gasteiger partial charge >= 0.3 is 12.1 Å². The van der Waals surface area contributed by atoms with Crippen LogP contribution in [0.25, 0.3) is 6.08 Å². The minimum atomic E-state index is -4.78. The lowest BCUT2D eigenvalue weighted by atomic mass is 10.2. The largest absolute Gasteiger partial charge is 0.481 e. The SMILES string of the molecule is Cc1ccc(Oc2c(/C=C3/SC(=S)N(CCCC(=O)O)C3=O)c(C(F)(F)F)nn2C)cc1. The normalized spacial score (nSPS) is 15.7. The average molecular weight is 486 g/mol. The molecule has 0 spiro atoms. The van der Waals surface area contributed by atoms with Crippen molar-refractivity contribution in [1.29, 1.82) is 0 Å². The van der Waals surface area contributed by atoms with E-state index in [0.29, 0.717) is 5.75 Å². The Morgan fingerprint density at radius 2 is 1.97 bits per heavy atom. The van der Waals surface area contributed by atoms with Gasteiger partial charge in [-0.2, -0.15) is 18.3 Å². The van der Waals surface area contributed by atoms with Crippen LogP contribution in [0.5, 0.6) is 11.6 Å². The fourth-order valence-corrected chi connectivity index (χ4v) is 4.21. The molecule has 3 rings (SSSR count). The first-order chi connectivity index (χ1) is 15.0. The number of rotatable bonds is 7. The van der Waals surface area contributed by atoms with Gasteiger partial charge in [0, 0.05) is 20.0 Å². The summed E-state index contributed by atoms with van der Waals surface area (Å²) in [5.74, 6) is -1.49. The number of thioether (sulfide) groups is 1. The molecule has 0 atom stereocenters. The lowest BCUT2D eigenvalue weighted by Crippen LogP contribution is -2.29. The number of carbonyl (C=O) groups excluding carboxylic acids is 1. The first kappa shape index (κ1) is 23.8. The minimum Gasteiger partial charge on any atom is -0.481 e. The van der Waals surface area contributed by atoms with E-state index in [2.05, 4.69) is 5.10 Å². The Balaban J connectivity index is 1.97. The van der Waals surface area contributed by atoms with Crippen molar-refractivity contribution in [1.82, 2.24) is 14.7 Å². The number of aryl methyl sites for hydroxylation is 2. The Morgan fingerprint density at radius 1 is 1.31 bits per heavy atom. The molecule has 1 aliphatic heterocycles. The molecule has 2 heterocycles. The maximum atomic E-state index is 13.7. The molecule has 0 saturated carbocycles. The minimum absolute atomic E-state index is 0.0300. The van der Waals surface area contributed by atoms with Gasteiger partial charge in [0.15, 0.2) is 5.69 Å². The second-order valence-corrected chi connectivity index (χ2v) is 8.61. The van der Waals surface area contributed by atoms with E-state index in [4.69, 9.17) is 22.1 Å². The van der Waals surface area contributed by atoms with E-state index < -0.39 is 29.3 Å². The van der Waals surface area contributed by atoms with E-state index in [1.807, 2.05) is 6.92 Å². The molecule has 0 radical (unpaired) electrons. The van der Waals surface area contributed by atoms with Crippen LogP contribution in [-0.2, 0) is 22.8 Å². The van der Waals surface area contributed by atoms with Crippen LogP contribution in [0.3, 0.4) is 0 Å². The molecule has 12 heteroatoms. The van der Waals surface area contributed by atoms with Gasteiger partial charge in [-0.1, -0.05) is 41.7 Å². The van der Waals surface area contributed by atoms with Crippen molar-refractivity contribution in [2.45, 2.75) is 25.9 Å². The van der Waals surface area contributed by atoms with Gasteiger partial charge in [-0.15, -0.1) is 0 Å². The molecule has 1 fully saturated rings. The zero-order chi connectivity index (χ0) is 23.6. The smallest absolute Gasteiger partial charge is 0.435 e. The quantitative estimate of drug-likeness (QED) is 0.453. The summed E-state index contributed by atoms with van der Waals surface area (Å²) in [6.07, 6.45) is -3.72. The van der Waals surface area contributed by atoms with E-state index in [1.165, 1.54) is 11.9 Å². The topological polar surface area (TPSA) is 84.7 Å². The number of thiocarbonyl (C=S) groups is 1. The Bertz CT molecular complexity index is 1090. The average Bonchev–Trinajstić information content (AvgIpc) is 3.15. The summed E-state index contributed by atoms with van der Waals surface area (Å²) in [4.78, 5) is 24.6. The zero-order valence-corrected chi connectivity index (χ0v) is 18.6. The predicted molar refractivity (Wildman–Crippen MR) is 116 cm³/mol. The molecule has 7 nitrogen and oxygen atoms in total. The highest BCUT2D eigenvalue weighted by Crippen LogP contribution is 2.41. The molecule has 0 aliphatic carbocycles. The molecule has 0 bridgehead atoms.